The standard InChI is InChI=1S/C34H37NO4/c1-34(2,3)26-14-12-25(13-15-26)31-29-6-4-5-7-30(29)35(32(31)33(36)37)19-24-16-27(38-20-22-8-9-22)18-28(17-24)39-21-23-10-11-23/h4-7,12-18,22-23H,8-11,19-21H2,1-3H3,(H,36,37). The molecule has 2 aliphatic carbocycles. The second-order valence-electron chi connectivity index (χ2n) is 12.3. The maximum absolute atomic E-state index is 12.8. The molecule has 0 saturated heterocycles. The number of fused-ring (bicyclic) bond motifs is 1. The Hall–Kier alpha value is -3.73. The molecular weight excluding hydrogens is 486 g/mol. The van der Waals surface area contributed by atoms with Crippen molar-refractivity contribution in [3.63, 3.8) is 0 Å². The highest BCUT2D eigenvalue weighted by Gasteiger charge is 2.26. The van der Waals surface area contributed by atoms with Gasteiger partial charge >= 0.3 is 5.97 Å². The van der Waals surface area contributed by atoms with Crippen molar-refractivity contribution in [1.82, 2.24) is 4.57 Å². The molecule has 0 radical (unpaired) electrons. The van der Waals surface area contributed by atoms with Gasteiger partial charge in [0, 0.05) is 29.1 Å². The fourth-order valence-electron chi connectivity index (χ4n) is 5.19. The van der Waals surface area contributed by atoms with Crippen molar-refractivity contribution in [2.75, 3.05) is 13.2 Å². The van der Waals surface area contributed by atoms with Crippen LogP contribution in [0.1, 0.15) is 68.1 Å². The van der Waals surface area contributed by atoms with E-state index in [0.29, 0.717) is 37.3 Å². The molecule has 1 aromatic heterocycles. The topological polar surface area (TPSA) is 60.7 Å². The summed E-state index contributed by atoms with van der Waals surface area (Å²) in [5, 5.41) is 11.4. The lowest BCUT2D eigenvalue weighted by atomic mass is 9.86. The van der Waals surface area contributed by atoms with Gasteiger partial charge in [0.25, 0.3) is 0 Å². The zero-order valence-corrected chi connectivity index (χ0v) is 23.1. The summed E-state index contributed by atoms with van der Waals surface area (Å²) in [5.74, 6) is 1.92. The highest BCUT2D eigenvalue weighted by atomic mass is 16.5. The number of rotatable bonds is 10. The Morgan fingerprint density at radius 2 is 1.46 bits per heavy atom. The summed E-state index contributed by atoms with van der Waals surface area (Å²) in [6, 6.07) is 22.3. The van der Waals surface area contributed by atoms with Crippen LogP contribution in [-0.4, -0.2) is 28.9 Å². The molecule has 5 heteroatoms. The van der Waals surface area contributed by atoms with Gasteiger partial charge in [0.15, 0.2) is 0 Å². The molecule has 4 aromatic rings. The SMILES string of the molecule is CC(C)(C)c1ccc(-c2c(C(=O)O)n(Cc3cc(OCC4CC4)cc(OCC4CC4)c3)c3ccccc23)cc1. The second kappa shape index (κ2) is 10.1. The second-order valence-corrected chi connectivity index (χ2v) is 12.3. The third-order valence-electron chi connectivity index (χ3n) is 7.86. The number of hydrogen-bond acceptors (Lipinski definition) is 3. The molecule has 0 unspecified atom stereocenters. The van der Waals surface area contributed by atoms with Gasteiger partial charge in [-0.25, -0.2) is 4.79 Å². The Kier molecular flexibility index (Phi) is 6.62. The molecule has 3 aromatic carbocycles. The lowest BCUT2D eigenvalue weighted by Gasteiger charge is -2.19. The van der Waals surface area contributed by atoms with Crippen molar-refractivity contribution < 1.29 is 19.4 Å². The van der Waals surface area contributed by atoms with Gasteiger partial charge in [-0.1, -0.05) is 63.2 Å². The number of ether oxygens (including phenoxy) is 2. The molecule has 0 atom stereocenters. The van der Waals surface area contributed by atoms with Crippen LogP contribution in [0.5, 0.6) is 11.5 Å². The van der Waals surface area contributed by atoms with Crippen LogP contribution in [0.2, 0.25) is 0 Å². The maximum Gasteiger partial charge on any atom is 0.353 e. The van der Waals surface area contributed by atoms with Crippen LogP contribution in [0.25, 0.3) is 22.0 Å². The monoisotopic (exact) mass is 523 g/mol. The average molecular weight is 524 g/mol. The third-order valence-corrected chi connectivity index (χ3v) is 7.86. The van der Waals surface area contributed by atoms with E-state index in [1.54, 1.807) is 0 Å². The molecule has 6 rings (SSSR count). The number of carboxylic acid groups (broad SMARTS) is 1. The quantitative estimate of drug-likeness (QED) is 0.229. The largest absolute Gasteiger partial charge is 0.493 e. The Morgan fingerprint density at radius 1 is 0.872 bits per heavy atom. The van der Waals surface area contributed by atoms with Crippen molar-refractivity contribution in [3.05, 3.63) is 83.6 Å². The van der Waals surface area contributed by atoms with E-state index in [0.717, 1.165) is 39.1 Å². The van der Waals surface area contributed by atoms with Gasteiger partial charge in [-0.05, 0) is 77.8 Å². The molecule has 0 aliphatic heterocycles. The predicted octanol–water partition coefficient (Wildman–Crippen LogP) is 7.93. The summed E-state index contributed by atoms with van der Waals surface area (Å²) in [5.41, 5.74) is 5.06. The Bertz CT molecular complexity index is 1470. The number of nitrogens with zero attached hydrogens (tertiary/aromatic N) is 1. The summed E-state index contributed by atoms with van der Waals surface area (Å²) in [4.78, 5) is 12.8. The van der Waals surface area contributed by atoms with Crippen molar-refractivity contribution in [2.24, 2.45) is 11.8 Å². The Morgan fingerprint density at radius 3 is 2.00 bits per heavy atom. The van der Waals surface area contributed by atoms with Crippen molar-refractivity contribution in [2.45, 2.75) is 58.4 Å². The first-order valence-electron chi connectivity index (χ1n) is 14.1. The normalized spacial score (nSPS) is 15.5. The summed E-state index contributed by atoms with van der Waals surface area (Å²) in [7, 11) is 0. The molecule has 2 saturated carbocycles. The van der Waals surface area contributed by atoms with Crippen molar-refractivity contribution in [3.8, 4) is 22.6 Å². The van der Waals surface area contributed by atoms with Gasteiger partial charge in [0.1, 0.15) is 17.2 Å². The Labute approximate surface area is 230 Å². The summed E-state index contributed by atoms with van der Waals surface area (Å²) in [6.45, 7) is 8.38. The molecule has 202 valence electrons. The molecule has 39 heavy (non-hydrogen) atoms. The maximum atomic E-state index is 12.8. The first-order valence-corrected chi connectivity index (χ1v) is 14.1. The number of para-hydroxylation sites is 1. The van der Waals surface area contributed by atoms with E-state index in [1.165, 1.54) is 31.2 Å². The van der Waals surface area contributed by atoms with Gasteiger partial charge in [-0.2, -0.15) is 0 Å². The van der Waals surface area contributed by atoms with Gasteiger partial charge in [-0.3, -0.25) is 0 Å². The molecule has 1 N–H and O–H groups in total. The number of carbonyl (C=O) groups is 1. The van der Waals surface area contributed by atoms with Gasteiger partial charge in [0.2, 0.25) is 0 Å². The molecule has 0 bridgehead atoms. The van der Waals surface area contributed by atoms with Crippen LogP contribution in [0.15, 0.2) is 66.7 Å². The minimum absolute atomic E-state index is 0.0219. The van der Waals surface area contributed by atoms with E-state index in [1.807, 2.05) is 47.0 Å². The molecule has 0 spiro atoms. The van der Waals surface area contributed by atoms with E-state index in [2.05, 4.69) is 45.0 Å². The summed E-state index contributed by atoms with van der Waals surface area (Å²) in [6.07, 6.45) is 4.90. The minimum atomic E-state index is -0.938. The average Bonchev–Trinajstić information content (AvgIpc) is 3.84. The lowest BCUT2D eigenvalue weighted by Crippen LogP contribution is -2.12. The lowest BCUT2D eigenvalue weighted by molar-refractivity contribution is 0.0687. The van der Waals surface area contributed by atoms with E-state index in [4.69, 9.17) is 9.47 Å². The highest BCUT2D eigenvalue weighted by Crippen LogP contribution is 2.38. The van der Waals surface area contributed by atoms with Crippen LogP contribution in [0, 0.1) is 11.8 Å². The van der Waals surface area contributed by atoms with Gasteiger partial charge < -0.3 is 19.1 Å². The van der Waals surface area contributed by atoms with E-state index in [-0.39, 0.29) is 5.41 Å². The number of benzene rings is 3. The van der Waals surface area contributed by atoms with Crippen molar-refractivity contribution in [1.29, 1.82) is 0 Å². The number of carboxylic acids is 1. The number of hydrogen-bond donors (Lipinski definition) is 1. The first-order chi connectivity index (χ1) is 18.8. The van der Waals surface area contributed by atoms with Gasteiger partial charge in [0.05, 0.1) is 13.2 Å². The van der Waals surface area contributed by atoms with Gasteiger partial charge in [-0.15, -0.1) is 0 Å². The highest BCUT2D eigenvalue weighted by molar-refractivity contribution is 6.08. The van der Waals surface area contributed by atoms with Crippen LogP contribution in [0.4, 0.5) is 0 Å². The molecule has 2 fully saturated rings. The molecule has 1 heterocycles. The van der Waals surface area contributed by atoms with Crippen molar-refractivity contribution >= 4 is 16.9 Å². The molecule has 5 nitrogen and oxygen atoms in total. The zero-order chi connectivity index (χ0) is 27.1. The van der Waals surface area contributed by atoms with Crippen LogP contribution in [0.3, 0.4) is 0 Å². The summed E-state index contributed by atoms with van der Waals surface area (Å²) >= 11 is 0. The summed E-state index contributed by atoms with van der Waals surface area (Å²) < 4.78 is 14.2. The molecule has 2 aliphatic rings. The minimum Gasteiger partial charge on any atom is -0.493 e. The number of aromatic nitrogens is 1. The van der Waals surface area contributed by atoms with E-state index < -0.39 is 5.97 Å². The molecule has 0 amide bonds. The van der Waals surface area contributed by atoms with E-state index >= 15 is 0 Å². The fourth-order valence-corrected chi connectivity index (χ4v) is 5.19. The third kappa shape index (κ3) is 5.68. The smallest absolute Gasteiger partial charge is 0.353 e. The predicted molar refractivity (Wildman–Crippen MR) is 155 cm³/mol. The van der Waals surface area contributed by atoms with E-state index in [9.17, 15) is 9.90 Å². The molecular formula is C34H37NO4. The zero-order valence-electron chi connectivity index (χ0n) is 23.1. The number of aromatic carboxylic acids is 1. The van der Waals surface area contributed by atoms with Crippen LogP contribution < -0.4 is 9.47 Å². The Balaban J connectivity index is 1.41. The van der Waals surface area contributed by atoms with Crippen LogP contribution >= 0.6 is 0 Å². The first kappa shape index (κ1) is 25.5. The van der Waals surface area contributed by atoms with Crippen LogP contribution in [-0.2, 0) is 12.0 Å². The fraction of sp³-hybridized carbons (Fsp3) is 0.382.